The van der Waals surface area contributed by atoms with Crippen LogP contribution in [-0.2, 0) is 7.05 Å². The number of carbonyl (C=O) groups is 1. The van der Waals surface area contributed by atoms with Gasteiger partial charge in [0, 0.05) is 25.7 Å². The molecule has 0 aliphatic carbocycles. The Morgan fingerprint density at radius 1 is 1.15 bits per heavy atom. The fraction of sp³-hybridized carbons (Fsp3) is 0.250. The Kier molecular flexibility index (Phi) is 4.53. The van der Waals surface area contributed by atoms with E-state index in [-0.39, 0.29) is 11.5 Å². The van der Waals surface area contributed by atoms with Crippen LogP contribution in [0.5, 0.6) is 0 Å². The maximum Gasteiger partial charge on any atom is 0.261 e. The van der Waals surface area contributed by atoms with E-state index in [1.165, 1.54) is 17.4 Å². The third kappa shape index (κ3) is 3.26. The van der Waals surface area contributed by atoms with Crippen molar-refractivity contribution in [2.75, 3.05) is 23.3 Å². The number of nitrogens with zero attached hydrogens (tertiary/aromatic N) is 2. The van der Waals surface area contributed by atoms with Crippen molar-refractivity contribution in [3.05, 3.63) is 63.2 Å². The number of para-hydroxylation sites is 2. The predicted octanol–water partition coefficient (Wildman–Crippen LogP) is 3.45. The number of benzene rings is 2. The molecule has 1 aliphatic heterocycles. The Bertz CT molecular complexity index is 1140. The molecule has 2 aromatic carbocycles. The van der Waals surface area contributed by atoms with Crippen LogP contribution in [0.3, 0.4) is 0 Å². The Morgan fingerprint density at radius 2 is 1.89 bits per heavy atom. The summed E-state index contributed by atoms with van der Waals surface area (Å²) in [5.74, 6) is -0.219. The van der Waals surface area contributed by atoms with Gasteiger partial charge in [-0.15, -0.1) is 0 Å². The first-order chi connectivity index (χ1) is 13.0. The minimum absolute atomic E-state index is 0.180. The Morgan fingerprint density at radius 3 is 2.67 bits per heavy atom. The summed E-state index contributed by atoms with van der Waals surface area (Å²) in [6, 6.07) is 12.8. The molecular formula is C20H20N4O2S. The van der Waals surface area contributed by atoms with Crippen LogP contribution in [0.1, 0.15) is 23.2 Å². The van der Waals surface area contributed by atoms with Gasteiger partial charge in [0.1, 0.15) is 0 Å². The molecule has 0 unspecified atom stereocenters. The summed E-state index contributed by atoms with van der Waals surface area (Å²) in [5, 5.41) is 3.51. The van der Waals surface area contributed by atoms with Crippen LogP contribution in [0.4, 0.5) is 11.4 Å². The molecule has 0 bridgehead atoms. The number of aromatic amines is 1. The second kappa shape index (κ2) is 7.00. The van der Waals surface area contributed by atoms with Crippen LogP contribution in [0.2, 0.25) is 0 Å². The number of hydrogen-bond acceptors (Lipinski definition) is 4. The maximum atomic E-state index is 12.8. The summed E-state index contributed by atoms with van der Waals surface area (Å²) >= 11 is 5.16. The molecule has 2 N–H and O–H groups in total. The first-order valence-corrected chi connectivity index (χ1v) is 9.34. The molecule has 1 amide bonds. The Hall–Kier alpha value is -2.93. The standard InChI is InChI=1S/C20H20N4O2S/c1-23-19(26)14-9-8-13(12-16(14)22-20(23)27)18(25)21-15-6-2-3-7-17(15)24-10-4-5-11-24/h2-3,6-9,12H,4-5,10-11H2,1H3,(H,21,25)(H,22,27). The second-order valence-electron chi connectivity index (χ2n) is 6.72. The average Bonchev–Trinajstić information content (AvgIpc) is 3.21. The van der Waals surface area contributed by atoms with Gasteiger partial charge in [0.05, 0.1) is 22.3 Å². The van der Waals surface area contributed by atoms with E-state index in [0.717, 1.165) is 24.5 Å². The summed E-state index contributed by atoms with van der Waals surface area (Å²) < 4.78 is 1.70. The molecule has 0 atom stereocenters. The lowest BCUT2D eigenvalue weighted by molar-refractivity contribution is 0.102. The summed E-state index contributed by atoms with van der Waals surface area (Å²) in [6.07, 6.45) is 2.34. The van der Waals surface area contributed by atoms with Crippen LogP contribution >= 0.6 is 12.2 Å². The number of H-pyrrole nitrogens is 1. The second-order valence-corrected chi connectivity index (χ2v) is 7.11. The molecule has 2 heterocycles. The van der Waals surface area contributed by atoms with Gasteiger partial charge in [0.15, 0.2) is 4.77 Å². The molecule has 27 heavy (non-hydrogen) atoms. The van der Waals surface area contributed by atoms with E-state index in [1.807, 2.05) is 24.3 Å². The van der Waals surface area contributed by atoms with E-state index in [2.05, 4.69) is 15.2 Å². The highest BCUT2D eigenvalue weighted by Gasteiger charge is 2.17. The van der Waals surface area contributed by atoms with Crippen LogP contribution in [0.15, 0.2) is 47.3 Å². The fourth-order valence-electron chi connectivity index (χ4n) is 3.45. The lowest BCUT2D eigenvalue weighted by Crippen LogP contribution is -2.21. The van der Waals surface area contributed by atoms with Crippen LogP contribution < -0.4 is 15.8 Å². The first-order valence-electron chi connectivity index (χ1n) is 8.93. The largest absolute Gasteiger partial charge is 0.370 e. The van der Waals surface area contributed by atoms with Gasteiger partial charge in [-0.1, -0.05) is 12.1 Å². The molecule has 138 valence electrons. The van der Waals surface area contributed by atoms with Crippen molar-refractivity contribution >= 4 is 40.4 Å². The van der Waals surface area contributed by atoms with Crippen molar-refractivity contribution in [3.8, 4) is 0 Å². The van der Waals surface area contributed by atoms with E-state index < -0.39 is 0 Å². The predicted molar refractivity (Wildman–Crippen MR) is 110 cm³/mol. The fourth-order valence-corrected chi connectivity index (χ4v) is 3.65. The van der Waals surface area contributed by atoms with Crippen molar-refractivity contribution in [2.45, 2.75) is 12.8 Å². The molecule has 0 radical (unpaired) electrons. The zero-order chi connectivity index (χ0) is 19.0. The topological polar surface area (TPSA) is 70.1 Å². The van der Waals surface area contributed by atoms with Gasteiger partial charge >= 0.3 is 0 Å². The molecule has 3 aromatic rings. The molecular weight excluding hydrogens is 360 g/mol. The van der Waals surface area contributed by atoms with Gasteiger partial charge < -0.3 is 15.2 Å². The Labute approximate surface area is 161 Å². The minimum Gasteiger partial charge on any atom is -0.370 e. The van der Waals surface area contributed by atoms with Crippen LogP contribution in [-0.4, -0.2) is 28.5 Å². The van der Waals surface area contributed by atoms with Crippen molar-refractivity contribution < 1.29 is 4.79 Å². The monoisotopic (exact) mass is 380 g/mol. The van der Waals surface area contributed by atoms with E-state index in [4.69, 9.17) is 12.2 Å². The highest BCUT2D eigenvalue weighted by atomic mass is 32.1. The Balaban J connectivity index is 1.67. The number of carbonyl (C=O) groups excluding carboxylic acids is 1. The van der Waals surface area contributed by atoms with Gasteiger partial charge in [0.2, 0.25) is 0 Å². The molecule has 1 aliphatic rings. The summed E-state index contributed by atoms with van der Waals surface area (Å²) in [6.45, 7) is 2.01. The molecule has 1 aromatic heterocycles. The lowest BCUT2D eigenvalue weighted by atomic mass is 10.1. The number of anilines is 2. The van der Waals surface area contributed by atoms with Crippen molar-refractivity contribution in [1.82, 2.24) is 9.55 Å². The minimum atomic E-state index is -0.219. The number of fused-ring (bicyclic) bond motifs is 1. The maximum absolute atomic E-state index is 12.8. The quantitative estimate of drug-likeness (QED) is 0.683. The van der Waals surface area contributed by atoms with Crippen molar-refractivity contribution in [1.29, 1.82) is 0 Å². The molecule has 0 spiro atoms. The van der Waals surface area contributed by atoms with Gasteiger partial charge in [-0.2, -0.15) is 0 Å². The zero-order valence-corrected chi connectivity index (χ0v) is 15.8. The summed E-state index contributed by atoms with van der Waals surface area (Å²) in [4.78, 5) is 30.4. The van der Waals surface area contributed by atoms with Crippen LogP contribution in [0, 0.1) is 4.77 Å². The van der Waals surface area contributed by atoms with Crippen molar-refractivity contribution in [2.24, 2.45) is 7.05 Å². The van der Waals surface area contributed by atoms with Gasteiger partial charge in [-0.25, -0.2) is 0 Å². The molecule has 1 fully saturated rings. The zero-order valence-electron chi connectivity index (χ0n) is 15.0. The number of nitrogens with one attached hydrogen (secondary N) is 2. The molecule has 0 saturated carbocycles. The summed E-state index contributed by atoms with van der Waals surface area (Å²) in [7, 11) is 1.62. The number of amides is 1. The van der Waals surface area contributed by atoms with Crippen LogP contribution in [0.25, 0.3) is 10.9 Å². The number of aromatic nitrogens is 2. The highest BCUT2D eigenvalue weighted by Crippen LogP contribution is 2.29. The van der Waals surface area contributed by atoms with Gasteiger partial charge in [0.25, 0.3) is 11.5 Å². The third-order valence-corrected chi connectivity index (χ3v) is 5.34. The number of hydrogen-bond donors (Lipinski definition) is 2. The highest BCUT2D eigenvalue weighted by molar-refractivity contribution is 7.71. The van der Waals surface area contributed by atoms with Gasteiger partial charge in [-0.3, -0.25) is 14.2 Å². The molecule has 1 saturated heterocycles. The summed E-state index contributed by atoms with van der Waals surface area (Å²) in [5.41, 5.74) is 2.68. The smallest absolute Gasteiger partial charge is 0.261 e. The van der Waals surface area contributed by atoms with E-state index in [0.29, 0.717) is 21.2 Å². The van der Waals surface area contributed by atoms with E-state index >= 15 is 0 Å². The van der Waals surface area contributed by atoms with Gasteiger partial charge in [-0.05, 0) is 55.4 Å². The molecule has 6 nitrogen and oxygen atoms in total. The van der Waals surface area contributed by atoms with E-state index in [1.54, 1.807) is 25.2 Å². The first kappa shape index (κ1) is 17.5. The van der Waals surface area contributed by atoms with Crippen molar-refractivity contribution in [3.63, 3.8) is 0 Å². The molecule has 4 rings (SSSR count). The lowest BCUT2D eigenvalue weighted by Gasteiger charge is -2.21. The van der Waals surface area contributed by atoms with E-state index in [9.17, 15) is 9.59 Å². The SMILES string of the molecule is Cn1c(=S)[nH]c2cc(C(=O)Nc3ccccc3N3CCCC3)ccc2c1=O. The molecule has 7 heteroatoms. The average molecular weight is 380 g/mol. The normalized spacial score (nSPS) is 13.9. The number of rotatable bonds is 3. The third-order valence-electron chi connectivity index (χ3n) is 4.96.